The molecule has 10 heteroatoms. The first-order valence-corrected chi connectivity index (χ1v) is 12.1. The minimum absolute atomic E-state index is 0.272. The van der Waals surface area contributed by atoms with Gasteiger partial charge in [-0.1, -0.05) is 23.9 Å². The quantitative estimate of drug-likeness (QED) is 0.517. The van der Waals surface area contributed by atoms with Crippen LogP contribution in [0.4, 0.5) is 24.5 Å². The third kappa shape index (κ3) is 6.24. The number of aliphatic carboxylic acids is 1. The Balaban J connectivity index is 1.33. The number of rotatable bonds is 9. The fraction of sp³-hybridized carbons (Fsp3) is 0.458. The van der Waals surface area contributed by atoms with Gasteiger partial charge in [0.25, 0.3) is 0 Å². The Morgan fingerprint density at radius 2 is 1.62 bits per heavy atom. The van der Waals surface area contributed by atoms with Gasteiger partial charge in [0.1, 0.15) is 6.61 Å². The molecular weight excluding hydrogens is 467 g/mol. The van der Waals surface area contributed by atoms with Crippen LogP contribution in [0.1, 0.15) is 12.0 Å². The molecule has 184 valence electrons. The summed E-state index contributed by atoms with van der Waals surface area (Å²) in [4.78, 5) is 19.0. The molecule has 6 nitrogen and oxygen atoms in total. The second kappa shape index (κ2) is 11.0. The van der Waals surface area contributed by atoms with Crippen LogP contribution in [0.15, 0.2) is 52.3 Å². The number of anilines is 2. The number of hydrogen-bond donors (Lipinski definition) is 1. The van der Waals surface area contributed by atoms with Gasteiger partial charge in [-0.15, -0.1) is 0 Å². The molecule has 2 heterocycles. The highest BCUT2D eigenvalue weighted by atomic mass is 32.2. The summed E-state index contributed by atoms with van der Waals surface area (Å²) in [6.07, 6.45) is -3.54. The lowest BCUT2D eigenvalue weighted by molar-refractivity contribution is -0.142. The number of fused-ring (bicyclic) bond motifs is 2. The molecule has 2 aliphatic rings. The second-order valence-electron chi connectivity index (χ2n) is 8.38. The lowest BCUT2D eigenvalue weighted by Crippen LogP contribution is -2.47. The number of carbonyl (C=O) groups is 1. The average Bonchev–Trinajstić information content (AvgIpc) is 2.81. The van der Waals surface area contributed by atoms with Gasteiger partial charge in [-0.25, -0.2) is 4.79 Å². The monoisotopic (exact) mass is 495 g/mol. The van der Waals surface area contributed by atoms with Crippen molar-refractivity contribution < 1.29 is 27.8 Å². The Labute approximate surface area is 201 Å². The molecule has 0 unspecified atom stereocenters. The Bertz CT molecular complexity index is 997. The van der Waals surface area contributed by atoms with Gasteiger partial charge >= 0.3 is 12.1 Å². The fourth-order valence-corrected chi connectivity index (χ4v) is 5.36. The standard InChI is InChI=1S/C24H28F3N3O3S/c25-24(26,27)18-6-7-22-20(16-18)30(19-4-1-2-5-21(19)34-22)9-3-8-28-10-12-29(13-11-28)14-15-33-17-23(31)32/h1-2,4-7,16H,3,8-15,17H2,(H,31,32). The summed E-state index contributed by atoms with van der Waals surface area (Å²) in [7, 11) is 0. The molecular formula is C24H28F3N3O3S. The SMILES string of the molecule is O=C(O)COCCN1CCN(CCCN2c3ccccc3Sc3ccc(C(F)(F)F)cc32)CC1. The molecule has 0 bridgehead atoms. The van der Waals surface area contributed by atoms with Crippen molar-refractivity contribution in [2.45, 2.75) is 22.4 Å². The zero-order valence-electron chi connectivity index (χ0n) is 18.8. The molecule has 0 radical (unpaired) electrons. The summed E-state index contributed by atoms with van der Waals surface area (Å²) in [6.45, 7) is 5.92. The Kier molecular flexibility index (Phi) is 8.02. The Morgan fingerprint density at radius 1 is 0.941 bits per heavy atom. The van der Waals surface area contributed by atoms with E-state index in [0.29, 0.717) is 25.4 Å². The predicted molar refractivity (Wildman–Crippen MR) is 125 cm³/mol. The number of hydrogen-bond acceptors (Lipinski definition) is 6. The van der Waals surface area contributed by atoms with Gasteiger partial charge in [-0.05, 0) is 43.3 Å². The minimum Gasteiger partial charge on any atom is -0.480 e. The van der Waals surface area contributed by atoms with E-state index in [-0.39, 0.29) is 6.61 Å². The number of halogens is 3. The van der Waals surface area contributed by atoms with Crippen molar-refractivity contribution in [3.05, 3.63) is 48.0 Å². The van der Waals surface area contributed by atoms with E-state index in [1.807, 2.05) is 29.2 Å². The highest BCUT2D eigenvalue weighted by Crippen LogP contribution is 2.49. The van der Waals surface area contributed by atoms with Gasteiger partial charge in [-0.3, -0.25) is 4.90 Å². The Hall–Kier alpha value is -2.27. The van der Waals surface area contributed by atoms with E-state index in [0.717, 1.165) is 60.7 Å². The van der Waals surface area contributed by atoms with E-state index in [1.165, 1.54) is 17.8 Å². The molecule has 0 amide bonds. The molecule has 2 aromatic rings. The zero-order chi connectivity index (χ0) is 24.1. The van der Waals surface area contributed by atoms with Crippen molar-refractivity contribution in [3.8, 4) is 0 Å². The van der Waals surface area contributed by atoms with Crippen LogP contribution in [0.5, 0.6) is 0 Å². The van der Waals surface area contributed by atoms with E-state index < -0.39 is 17.7 Å². The van der Waals surface area contributed by atoms with Crippen molar-refractivity contribution in [2.24, 2.45) is 0 Å². The first-order chi connectivity index (χ1) is 16.3. The lowest BCUT2D eigenvalue weighted by atomic mass is 10.1. The highest BCUT2D eigenvalue weighted by Gasteiger charge is 2.33. The minimum atomic E-state index is -4.37. The molecule has 34 heavy (non-hydrogen) atoms. The molecule has 0 aliphatic carbocycles. The molecule has 0 saturated carbocycles. The van der Waals surface area contributed by atoms with Gasteiger partial charge < -0.3 is 19.6 Å². The van der Waals surface area contributed by atoms with Crippen LogP contribution in [0, 0.1) is 0 Å². The van der Waals surface area contributed by atoms with E-state index >= 15 is 0 Å². The summed E-state index contributed by atoms with van der Waals surface area (Å²) >= 11 is 1.51. The topological polar surface area (TPSA) is 56.3 Å². The summed E-state index contributed by atoms with van der Waals surface area (Å²) in [5.41, 5.74) is 0.940. The number of piperazine rings is 1. The van der Waals surface area contributed by atoms with Gasteiger partial charge in [0.15, 0.2) is 0 Å². The van der Waals surface area contributed by atoms with Crippen molar-refractivity contribution in [1.29, 1.82) is 0 Å². The molecule has 1 saturated heterocycles. The molecule has 2 aliphatic heterocycles. The summed E-state index contributed by atoms with van der Waals surface area (Å²) in [6, 6.07) is 11.8. The number of nitrogens with zero attached hydrogens (tertiary/aromatic N) is 3. The largest absolute Gasteiger partial charge is 0.480 e. The molecule has 0 aromatic heterocycles. The van der Waals surface area contributed by atoms with E-state index in [2.05, 4.69) is 9.80 Å². The van der Waals surface area contributed by atoms with Gasteiger partial charge in [-0.2, -0.15) is 13.2 Å². The smallest absolute Gasteiger partial charge is 0.416 e. The zero-order valence-corrected chi connectivity index (χ0v) is 19.6. The Morgan fingerprint density at radius 3 is 2.32 bits per heavy atom. The van der Waals surface area contributed by atoms with Crippen molar-refractivity contribution in [2.75, 3.05) is 63.9 Å². The molecule has 1 N–H and O–H groups in total. The van der Waals surface area contributed by atoms with E-state index in [4.69, 9.17) is 9.84 Å². The number of carboxylic acid groups (broad SMARTS) is 1. The maximum Gasteiger partial charge on any atom is 0.416 e. The number of alkyl halides is 3. The van der Waals surface area contributed by atoms with Gasteiger partial charge in [0.05, 0.1) is 23.5 Å². The summed E-state index contributed by atoms with van der Waals surface area (Å²) in [5.74, 6) is -0.961. The highest BCUT2D eigenvalue weighted by molar-refractivity contribution is 7.99. The number of carboxylic acids is 1. The van der Waals surface area contributed by atoms with Gasteiger partial charge in [0.2, 0.25) is 0 Å². The third-order valence-electron chi connectivity index (χ3n) is 6.05. The first-order valence-electron chi connectivity index (χ1n) is 11.3. The maximum absolute atomic E-state index is 13.4. The van der Waals surface area contributed by atoms with Crippen LogP contribution in [-0.4, -0.2) is 79.9 Å². The third-order valence-corrected chi connectivity index (χ3v) is 7.18. The van der Waals surface area contributed by atoms with Crippen LogP contribution >= 0.6 is 11.8 Å². The van der Waals surface area contributed by atoms with Crippen LogP contribution < -0.4 is 4.90 Å². The van der Waals surface area contributed by atoms with Crippen LogP contribution in [0.2, 0.25) is 0 Å². The summed E-state index contributed by atoms with van der Waals surface area (Å²) in [5, 5.41) is 8.62. The van der Waals surface area contributed by atoms with Crippen molar-refractivity contribution in [1.82, 2.24) is 9.80 Å². The van der Waals surface area contributed by atoms with Crippen LogP contribution in [-0.2, 0) is 15.7 Å². The number of benzene rings is 2. The first kappa shape index (κ1) is 24.8. The number of ether oxygens (including phenoxy) is 1. The van der Waals surface area contributed by atoms with Crippen molar-refractivity contribution >= 4 is 29.1 Å². The molecule has 2 aromatic carbocycles. The second-order valence-corrected chi connectivity index (χ2v) is 9.47. The molecule has 4 rings (SSSR count). The molecule has 0 spiro atoms. The predicted octanol–water partition coefficient (Wildman–Crippen LogP) is 4.42. The van der Waals surface area contributed by atoms with Crippen molar-refractivity contribution in [3.63, 3.8) is 0 Å². The maximum atomic E-state index is 13.4. The van der Waals surface area contributed by atoms with Crippen LogP contribution in [0.25, 0.3) is 0 Å². The summed E-state index contributed by atoms with van der Waals surface area (Å²) < 4.78 is 45.2. The normalized spacial score (nSPS) is 16.9. The van der Waals surface area contributed by atoms with Gasteiger partial charge in [0, 0.05) is 49.1 Å². The fourth-order valence-electron chi connectivity index (χ4n) is 4.29. The average molecular weight is 496 g/mol. The van der Waals surface area contributed by atoms with Crippen LogP contribution in [0.3, 0.4) is 0 Å². The number of para-hydroxylation sites is 1. The lowest BCUT2D eigenvalue weighted by Gasteiger charge is -2.36. The molecule has 1 fully saturated rings. The van der Waals surface area contributed by atoms with E-state index in [9.17, 15) is 18.0 Å². The molecule has 0 atom stereocenters. The van der Waals surface area contributed by atoms with E-state index in [1.54, 1.807) is 6.07 Å².